The van der Waals surface area contributed by atoms with Crippen molar-refractivity contribution in [2.45, 2.75) is 18.8 Å². The Bertz CT molecular complexity index is 626. The van der Waals surface area contributed by atoms with Crippen LogP contribution in [0.5, 0.6) is 0 Å². The van der Waals surface area contributed by atoms with Gasteiger partial charge in [0.25, 0.3) is 0 Å². The van der Waals surface area contributed by atoms with E-state index in [0.29, 0.717) is 11.4 Å². The van der Waals surface area contributed by atoms with E-state index in [1.54, 1.807) is 43.6 Å². The van der Waals surface area contributed by atoms with Gasteiger partial charge in [0.2, 0.25) is 0 Å². The number of nitriles is 1. The Morgan fingerprint density at radius 3 is 2.14 bits per heavy atom. The third-order valence-electron chi connectivity index (χ3n) is 3.61. The number of nitrogens with zero attached hydrogens (tertiary/aromatic N) is 3. The Morgan fingerprint density at radius 2 is 1.77 bits per heavy atom. The van der Waals surface area contributed by atoms with E-state index in [9.17, 15) is 10.1 Å². The maximum Gasteiger partial charge on any atom is 0.308 e. The van der Waals surface area contributed by atoms with Crippen molar-refractivity contribution in [3.63, 3.8) is 0 Å². The number of methoxy groups -OCH3 is 1. The molecule has 5 heteroatoms. The van der Waals surface area contributed by atoms with E-state index in [1.807, 2.05) is 12.1 Å². The number of ether oxygens (including phenoxy) is 1. The second-order valence-corrected chi connectivity index (χ2v) is 5.08. The van der Waals surface area contributed by atoms with E-state index < -0.39 is 11.3 Å². The molecule has 0 bridgehead atoms. The highest BCUT2D eigenvalue weighted by Crippen LogP contribution is 2.35. The first-order valence-electron chi connectivity index (χ1n) is 6.96. The molecule has 0 aromatic carbocycles. The molecule has 1 unspecified atom stereocenters. The molecule has 0 saturated carbocycles. The Labute approximate surface area is 129 Å². The van der Waals surface area contributed by atoms with Crippen LogP contribution in [0.3, 0.4) is 0 Å². The number of rotatable bonds is 5. The van der Waals surface area contributed by atoms with E-state index in [2.05, 4.69) is 16.0 Å². The van der Waals surface area contributed by atoms with Gasteiger partial charge in [0.15, 0.2) is 0 Å². The van der Waals surface area contributed by atoms with Gasteiger partial charge in [-0.3, -0.25) is 14.8 Å². The molecule has 22 heavy (non-hydrogen) atoms. The summed E-state index contributed by atoms with van der Waals surface area (Å²) in [7, 11) is 1.34. The standard InChI is InChI=1S/C17H17N3O2/c1-13(16(21)22-2)11-17(12-18,14-7-3-5-9-19-14)15-8-4-6-10-20-15/h3-10,13H,11H2,1-2H3. The molecule has 0 radical (unpaired) electrons. The molecule has 5 nitrogen and oxygen atoms in total. The van der Waals surface area contributed by atoms with Crippen molar-refractivity contribution >= 4 is 5.97 Å². The van der Waals surface area contributed by atoms with Gasteiger partial charge >= 0.3 is 5.97 Å². The van der Waals surface area contributed by atoms with Crippen molar-refractivity contribution in [3.05, 3.63) is 60.2 Å². The molecular formula is C17H17N3O2. The molecule has 0 fully saturated rings. The van der Waals surface area contributed by atoms with Crippen LogP contribution in [-0.2, 0) is 14.9 Å². The van der Waals surface area contributed by atoms with E-state index in [0.717, 1.165) is 0 Å². The topological polar surface area (TPSA) is 75.9 Å². The SMILES string of the molecule is COC(=O)C(C)CC(C#N)(c1ccccn1)c1ccccn1. The number of carbonyl (C=O) groups is 1. The van der Waals surface area contributed by atoms with Crippen LogP contribution in [0, 0.1) is 17.2 Å². The van der Waals surface area contributed by atoms with Crippen LogP contribution in [0.15, 0.2) is 48.8 Å². The third kappa shape index (κ3) is 2.96. The zero-order valence-electron chi connectivity index (χ0n) is 12.6. The van der Waals surface area contributed by atoms with Crippen molar-refractivity contribution in [3.8, 4) is 6.07 Å². The molecule has 2 aromatic rings. The number of esters is 1. The van der Waals surface area contributed by atoms with Crippen LogP contribution in [0.2, 0.25) is 0 Å². The Morgan fingerprint density at radius 1 is 1.23 bits per heavy atom. The van der Waals surface area contributed by atoms with Crippen LogP contribution < -0.4 is 0 Å². The molecule has 2 heterocycles. The largest absolute Gasteiger partial charge is 0.469 e. The minimum Gasteiger partial charge on any atom is -0.469 e. The maximum absolute atomic E-state index is 11.8. The number of hydrogen-bond acceptors (Lipinski definition) is 5. The summed E-state index contributed by atoms with van der Waals surface area (Å²) in [6, 6.07) is 13.1. The van der Waals surface area contributed by atoms with Gasteiger partial charge < -0.3 is 4.74 Å². The van der Waals surface area contributed by atoms with Gasteiger partial charge in [-0.15, -0.1) is 0 Å². The molecule has 0 amide bonds. The van der Waals surface area contributed by atoms with Crippen LogP contribution >= 0.6 is 0 Å². The van der Waals surface area contributed by atoms with Crippen molar-refractivity contribution in [2.75, 3.05) is 7.11 Å². The van der Waals surface area contributed by atoms with Gasteiger partial charge in [-0.1, -0.05) is 19.1 Å². The van der Waals surface area contributed by atoms with Gasteiger partial charge in [0, 0.05) is 12.4 Å². The highest BCUT2D eigenvalue weighted by Gasteiger charge is 2.40. The molecule has 0 saturated heterocycles. The minimum atomic E-state index is -1.09. The first kappa shape index (κ1) is 15.6. The quantitative estimate of drug-likeness (QED) is 0.792. The Balaban J connectivity index is 2.54. The lowest BCUT2D eigenvalue weighted by molar-refractivity contribution is -0.145. The zero-order chi connectivity index (χ0) is 16.0. The van der Waals surface area contributed by atoms with E-state index >= 15 is 0 Å². The molecule has 1 atom stereocenters. The molecule has 2 rings (SSSR count). The van der Waals surface area contributed by atoms with Gasteiger partial charge in [0.1, 0.15) is 5.41 Å². The van der Waals surface area contributed by atoms with Crippen LogP contribution in [0.4, 0.5) is 0 Å². The molecule has 0 aliphatic rings. The third-order valence-corrected chi connectivity index (χ3v) is 3.61. The van der Waals surface area contributed by atoms with Gasteiger partial charge in [-0.2, -0.15) is 5.26 Å². The first-order valence-corrected chi connectivity index (χ1v) is 6.96. The summed E-state index contributed by atoms with van der Waals surface area (Å²) in [6.45, 7) is 1.74. The molecule has 2 aromatic heterocycles. The predicted octanol–water partition coefficient (Wildman–Crippen LogP) is 2.49. The van der Waals surface area contributed by atoms with Crippen LogP contribution in [-0.4, -0.2) is 23.0 Å². The van der Waals surface area contributed by atoms with Crippen molar-refractivity contribution < 1.29 is 9.53 Å². The Hall–Kier alpha value is -2.74. The van der Waals surface area contributed by atoms with Crippen molar-refractivity contribution in [2.24, 2.45) is 5.92 Å². The normalized spacial score (nSPS) is 12.2. The highest BCUT2D eigenvalue weighted by atomic mass is 16.5. The second-order valence-electron chi connectivity index (χ2n) is 5.08. The molecule has 0 aliphatic carbocycles. The first-order chi connectivity index (χ1) is 10.6. The summed E-state index contributed by atoms with van der Waals surface area (Å²) in [4.78, 5) is 20.4. The van der Waals surface area contributed by atoms with Gasteiger partial charge in [0.05, 0.1) is 30.5 Å². The summed E-state index contributed by atoms with van der Waals surface area (Å²) < 4.78 is 4.78. The lowest BCUT2D eigenvalue weighted by Gasteiger charge is -2.27. The monoisotopic (exact) mass is 295 g/mol. The Kier molecular flexibility index (Phi) is 4.84. The fourth-order valence-electron chi connectivity index (χ4n) is 2.47. The average Bonchev–Trinajstić information content (AvgIpc) is 2.60. The van der Waals surface area contributed by atoms with E-state index in [1.165, 1.54) is 7.11 Å². The van der Waals surface area contributed by atoms with E-state index in [-0.39, 0.29) is 12.4 Å². The molecule has 0 N–H and O–H groups in total. The highest BCUT2D eigenvalue weighted by molar-refractivity contribution is 5.72. The molecule has 0 spiro atoms. The molecular weight excluding hydrogens is 278 g/mol. The smallest absolute Gasteiger partial charge is 0.308 e. The molecule has 0 aliphatic heterocycles. The number of hydrogen-bond donors (Lipinski definition) is 0. The summed E-state index contributed by atoms with van der Waals surface area (Å²) in [5, 5.41) is 9.90. The van der Waals surface area contributed by atoms with Gasteiger partial charge in [-0.25, -0.2) is 0 Å². The van der Waals surface area contributed by atoms with Gasteiger partial charge in [-0.05, 0) is 30.7 Å². The lowest BCUT2D eigenvalue weighted by Crippen LogP contribution is -2.33. The van der Waals surface area contributed by atoms with Crippen molar-refractivity contribution in [1.82, 2.24) is 9.97 Å². The molecule has 112 valence electrons. The zero-order valence-corrected chi connectivity index (χ0v) is 12.6. The van der Waals surface area contributed by atoms with Crippen LogP contribution in [0.25, 0.3) is 0 Å². The summed E-state index contributed by atoms with van der Waals surface area (Å²) in [6.07, 6.45) is 3.52. The summed E-state index contributed by atoms with van der Waals surface area (Å²) in [5.74, 6) is -0.805. The van der Waals surface area contributed by atoms with Crippen molar-refractivity contribution in [1.29, 1.82) is 5.26 Å². The maximum atomic E-state index is 11.8. The lowest BCUT2D eigenvalue weighted by atomic mass is 9.75. The minimum absolute atomic E-state index is 0.254. The van der Waals surface area contributed by atoms with Crippen LogP contribution in [0.1, 0.15) is 24.7 Å². The second kappa shape index (κ2) is 6.81. The fraction of sp³-hybridized carbons (Fsp3) is 0.294. The fourth-order valence-corrected chi connectivity index (χ4v) is 2.47. The average molecular weight is 295 g/mol. The number of carbonyl (C=O) groups excluding carboxylic acids is 1. The van der Waals surface area contributed by atoms with E-state index in [4.69, 9.17) is 4.74 Å². The number of aromatic nitrogens is 2. The predicted molar refractivity (Wildman–Crippen MR) is 80.7 cm³/mol. The summed E-state index contributed by atoms with van der Waals surface area (Å²) in [5.41, 5.74) is 0.0646. The summed E-state index contributed by atoms with van der Waals surface area (Å²) >= 11 is 0. The number of pyridine rings is 2.